The molecule has 0 saturated heterocycles. The molecule has 2 rings (SSSR count). The zero-order valence-electron chi connectivity index (χ0n) is 11.3. The van der Waals surface area contributed by atoms with E-state index in [9.17, 15) is 8.42 Å². The van der Waals surface area contributed by atoms with Crippen molar-refractivity contribution in [1.82, 2.24) is 24.9 Å². The van der Waals surface area contributed by atoms with Gasteiger partial charge in [0.2, 0.25) is 16.0 Å². The highest BCUT2D eigenvalue weighted by atomic mass is 32.2. The zero-order valence-corrected chi connectivity index (χ0v) is 12.1. The van der Waals surface area contributed by atoms with Crippen molar-refractivity contribution in [2.24, 2.45) is 0 Å². The molecule has 10 heteroatoms. The minimum absolute atomic E-state index is 0.277. The van der Waals surface area contributed by atoms with E-state index in [1.165, 1.54) is 0 Å². The SMILES string of the molecule is CCNc1nc(NCCNS(C)(=O)=O)c2cn[nH]c2n1. The van der Waals surface area contributed by atoms with E-state index >= 15 is 0 Å². The first-order valence-corrected chi connectivity index (χ1v) is 8.02. The van der Waals surface area contributed by atoms with E-state index in [0.29, 0.717) is 30.5 Å². The van der Waals surface area contributed by atoms with Gasteiger partial charge in [-0.2, -0.15) is 15.1 Å². The molecule has 0 radical (unpaired) electrons. The Bertz CT molecular complexity index is 682. The lowest BCUT2D eigenvalue weighted by Gasteiger charge is -2.09. The molecule has 0 aromatic carbocycles. The quantitative estimate of drug-likeness (QED) is 0.519. The molecule has 0 atom stereocenters. The van der Waals surface area contributed by atoms with Crippen LogP contribution in [0.15, 0.2) is 6.20 Å². The van der Waals surface area contributed by atoms with Gasteiger partial charge in [-0.15, -0.1) is 0 Å². The van der Waals surface area contributed by atoms with E-state index in [-0.39, 0.29) is 6.54 Å². The zero-order chi connectivity index (χ0) is 14.6. The van der Waals surface area contributed by atoms with Gasteiger partial charge in [-0.25, -0.2) is 13.1 Å². The molecule has 2 heterocycles. The van der Waals surface area contributed by atoms with Crippen LogP contribution in [0.3, 0.4) is 0 Å². The third-order valence-corrected chi connectivity index (χ3v) is 3.15. The second-order valence-electron chi connectivity index (χ2n) is 4.15. The summed E-state index contributed by atoms with van der Waals surface area (Å²) in [7, 11) is -3.18. The van der Waals surface area contributed by atoms with Gasteiger partial charge in [0.1, 0.15) is 5.82 Å². The fourth-order valence-corrected chi connectivity index (χ4v) is 2.10. The van der Waals surface area contributed by atoms with E-state index < -0.39 is 10.0 Å². The second kappa shape index (κ2) is 6.01. The molecule has 0 fully saturated rings. The van der Waals surface area contributed by atoms with Crippen molar-refractivity contribution < 1.29 is 8.42 Å². The van der Waals surface area contributed by atoms with Crippen molar-refractivity contribution in [1.29, 1.82) is 0 Å². The Balaban J connectivity index is 2.09. The van der Waals surface area contributed by atoms with Gasteiger partial charge in [0.25, 0.3) is 0 Å². The summed E-state index contributed by atoms with van der Waals surface area (Å²) in [5.41, 5.74) is 0.620. The number of hydrogen-bond acceptors (Lipinski definition) is 7. The van der Waals surface area contributed by atoms with E-state index in [0.717, 1.165) is 11.6 Å². The number of H-pyrrole nitrogens is 1. The Kier molecular flexibility index (Phi) is 4.35. The first kappa shape index (κ1) is 14.5. The fraction of sp³-hybridized carbons (Fsp3) is 0.500. The predicted molar refractivity (Wildman–Crippen MR) is 77.2 cm³/mol. The van der Waals surface area contributed by atoms with Crippen LogP contribution in [0.1, 0.15) is 6.92 Å². The highest BCUT2D eigenvalue weighted by Crippen LogP contribution is 2.19. The van der Waals surface area contributed by atoms with Crippen LogP contribution in [0.5, 0.6) is 0 Å². The molecule has 20 heavy (non-hydrogen) atoms. The lowest BCUT2D eigenvalue weighted by Crippen LogP contribution is -2.27. The molecular formula is C10H17N7O2S. The van der Waals surface area contributed by atoms with Gasteiger partial charge in [0.05, 0.1) is 17.8 Å². The van der Waals surface area contributed by atoms with Crippen LogP contribution >= 0.6 is 0 Å². The molecular weight excluding hydrogens is 282 g/mol. The molecule has 0 amide bonds. The van der Waals surface area contributed by atoms with Crippen LogP contribution in [-0.2, 0) is 10.0 Å². The van der Waals surface area contributed by atoms with Crippen LogP contribution in [0, 0.1) is 0 Å². The third kappa shape index (κ3) is 3.78. The summed E-state index contributed by atoms with van der Waals surface area (Å²) in [4.78, 5) is 8.59. The van der Waals surface area contributed by atoms with Gasteiger partial charge in [0, 0.05) is 19.6 Å². The smallest absolute Gasteiger partial charge is 0.226 e. The van der Waals surface area contributed by atoms with Crippen molar-refractivity contribution in [2.45, 2.75) is 6.92 Å². The highest BCUT2D eigenvalue weighted by molar-refractivity contribution is 7.88. The van der Waals surface area contributed by atoms with Crippen LogP contribution in [0.2, 0.25) is 0 Å². The molecule has 0 aliphatic rings. The number of hydrogen-bond donors (Lipinski definition) is 4. The third-order valence-electron chi connectivity index (χ3n) is 2.43. The summed E-state index contributed by atoms with van der Waals surface area (Å²) in [5, 5.41) is 13.6. The first-order valence-electron chi connectivity index (χ1n) is 6.13. The Morgan fingerprint density at radius 3 is 2.75 bits per heavy atom. The molecule has 2 aromatic heterocycles. The van der Waals surface area contributed by atoms with E-state index in [1.54, 1.807) is 6.20 Å². The lowest BCUT2D eigenvalue weighted by atomic mass is 10.4. The van der Waals surface area contributed by atoms with Crippen LogP contribution in [0.25, 0.3) is 11.0 Å². The Morgan fingerprint density at radius 2 is 2.05 bits per heavy atom. The summed E-state index contributed by atoms with van der Waals surface area (Å²) >= 11 is 0. The Labute approximate surface area is 116 Å². The van der Waals surface area contributed by atoms with Gasteiger partial charge in [-0.1, -0.05) is 0 Å². The maximum Gasteiger partial charge on any atom is 0.226 e. The van der Waals surface area contributed by atoms with E-state index in [4.69, 9.17) is 0 Å². The van der Waals surface area contributed by atoms with Crippen LogP contribution in [0.4, 0.5) is 11.8 Å². The van der Waals surface area contributed by atoms with Crippen molar-refractivity contribution in [3.05, 3.63) is 6.20 Å². The first-order chi connectivity index (χ1) is 9.49. The maximum absolute atomic E-state index is 11.0. The average Bonchev–Trinajstić information content (AvgIpc) is 2.82. The number of rotatable bonds is 7. The molecule has 0 spiro atoms. The number of fused-ring (bicyclic) bond motifs is 1. The van der Waals surface area contributed by atoms with Gasteiger partial charge in [-0.3, -0.25) is 5.10 Å². The average molecular weight is 299 g/mol. The predicted octanol–water partition coefficient (Wildman–Crippen LogP) is -0.254. The molecule has 0 aliphatic heterocycles. The minimum Gasteiger partial charge on any atom is -0.368 e. The number of nitrogens with zero attached hydrogens (tertiary/aromatic N) is 3. The van der Waals surface area contributed by atoms with Gasteiger partial charge < -0.3 is 10.6 Å². The second-order valence-corrected chi connectivity index (χ2v) is 5.98. The highest BCUT2D eigenvalue weighted by Gasteiger charge is 2.09. The molecule has 0 bridgehead atoms. The summed E-state index contributed by atoms with van der Waals surface area (Å²) in [5.74, 6) is 1.10. The largest absolute Gasteiger partial charge is 0.368 e. The molecule has 9 nitrogen and oxygen atoms in total. The standard InChI is InChI=1S/C10H17N7O2S/c1-3-11-10-15-8(7-6-13-17-9(7)16-10)12-4-5-14-20(2,18)19/h6,14H,3-5H2,1-2H3,(H3,11,12,13,15,16,17). The van der Waals surface area contributed by atoms with Gasteiger partial charge in [0.15, 0.2) is 5.65 Å². The molecule has 110 valence electrons. The number of anilines is 2. The number of aromatic nitrogens is 4. The summed E-state index contributed by atoms with van der Waals surface area (Å²) < 4.78 is 24.3. The normalized spacial score (nSPS) is 11.7. The number of sulfonamides is 1. The van der Waals surface area contributed by atoms with E-state index in [2.05, 4.69) is 35.5 Å². The number of aromatic amines is 1. The Hall–Kier alpha value is -1.94. The maximum atomic E-state index is 11.0. The van der Waals surface area contributed by atoms with Gasteiger partial charge >= 0.3 is 0 Å². The number of nitrogens with one attached hydrogen (secondary N) is 4. The van der Waals surface area contributed by atoms with Crippen LogP contribution in [-0.4, -0.2) is 54.5 Å². The summed E-state index contributed by atoms with van der Waals surface area (Å²) in [6, 6.07) is 0. The molecule has 0 saturated carbocycles. The molecule has 0 aliphatic carbocycles. The van der Waals surface area contributed by atoms with Crippen molar-refractivity contribution in [3.8, 4) is 0 Å². The van der Waals surface area contributed by atoms with Crippen molar-refractivity contribution >= 4 is 32.8 Å². The van der Waals surface area contributed by atoms with E-state index in [1.807, 2.05) is 6.92 Å². The van der Waals surface area contributed by atoms with Gasteiger partial charge in [-0.05, 0) is 6.92 Å². The van der Waals surface area contributed by atoms with Crippen LogP contribution < -0.4 is 15.4 Å². The monoisotopic (exact) mass is 299 g/mol. The topological polar surface area (TPSA) is 125 Å². The van der Waals surface area contributed by atoms with Crippen molar-refractivity contribution in [2.75, 3.05) is 36.5 Å². The Morgan fingerprint density at radius 1 is 1.25 bits per heavy atom. The minimum atomic E-state index is -3.18. The molecule has 0 unspecified atom stereocenters. The molecule has 4 N–H and O–H groups in total. The fourth-order valence-electron chi connectivity index (χ4n) is 1.62. The lowest BCUT2D eigenvalue weighted by molar-refractivity contribution is 0.589. The van der Waals surface area contributed by atoms with Crippen molar-refractivity contribution in [3.63, 3.8) is 0 Å². The summed E-state index contributed by atoms with van der Waals surface area (Å²) in [6.45, 7) is 3.34. The molecule has 2 aromatic rings. The summed E-state index contributed by atoms with van der Waals surface area (Å²) in [6.07, 6.45) is 2.74.